The summed E-state index contributed by atoms with van der Waals surface area (Å²) in [6.07, 6.45) is 5.12. The molecule has 0 N–H and O–H groups in total. The van der Waals surface area contributed by atoms with E-state index in [1.54, 1.807) is 124 Å². The minimum atomic E-state index is -0.488. The van der Waals surface area contributed by atoms with Crippen molar-refractivity contribution in [1.29, 1.82) is 0 Å². The molecule has 0 atom stereocenters. The molecular weight excluding hydrogens is 831 g/mol. The normalized spacial score (nSPS) is 13.5. The molecule has 322 valence electrons. The molecule has 0 spiro atoms. The number of benzene rings is 6. The van der Waals surface area contributed by atoms with Crippen LogP contribution >= 0.6 is 0 Å². The maximum atomic E-state index is 12.9. The molecule has 0 saturated carbocycles. The van der Waals surface area contributed by atoms with E-state index in [2.05, 4.69) is 0 Å². The van der Waals surface area contributed by atoms with Crippen LogP contribution in [-0.4, -0.2) is 66.7 Å². The first-order valence-corrected chi connectivity index (χ1v) is 19.9. The Morgan fingerprint density at radius 2 is 0.846 bits per heavy atom. The highest BCUT2D eigenvalue weighted by Gasteiger charge is 2.35. The third kappa shape index (κ3) is 7.96. The van der Waals surface area contributed by atoms with E-state index in [0.29, 0.717) is 46.0 Å². The van der Waals surface area contributed by atoms with Crippen molar-refractivity contribution in [2.75, 3.05) is 38.2 Å². The Labute approximate surface area is 371 Å². The Morgan fingerprint density at radius 3 is 1.22 bits per heavy atom. The quantitative estimate of drug-likeness (QED) is 0.0750. The maximum Gasteiger partial charge on any atom is 0.282 e. The average Bonchev–Trinajstić information content (AvgIpc) is 3.34. The predicted octanol–water partition coefficient (Wildman–Crippen LogP) is 10.2. The van der Waals surface area contributed by atoms with E-state index in [1.165, 1.54) is 12.1 Å². The monoisotopic (exact) mass is 867 g/mol. The van der Waals surface area contributed by atoms with Gasteiger partial charge in [0.1, 0.15) is 34.7 Å². The van der Waals surface area contributed by atoms with E-state index in [9.17, 15) is 20.2 Å². The lowest BCUT2D eigenvalue weighted by molar-refractivity contribution is -0.385. The highest BCUT2D eigenvalue weighted by molar-refractivity contribution is 6.26. The number of hydrogen-bond donors (Lipinski definition) is 0. The SMILES string of the molecule is COc1ccc(N(c2ccc(OC)cc2)c2ccc(C3=NC4=CC=CC5=NC(c6ccc(N(c7ccc(OC)cc7)c7ccc(OC)cc7)cc6[N+](=O)[O-])=NC(=N3)N45)c([N+](=O)[O-])c2)cc1. The zero-order chi connectivity index (χ0) is 45.2. The summed E-state index contributed by atoms with van der Waals surface area (Å²) in [5.74, 6) is 3.39. The molecular formula is C48H37N9O8. The predicted molar refractivity (Wildman–Crippen MR) is 249 cm³/mol. The van der Waals surface area contributed by atoms with Gasteiger partial charge in [-0.1, -0.05) is 6.08 Å². The molecule has 17 heteroatoms. The zero-order valence-electron chi connectivity index (χ0n) is 35.2. The van der Waals surface area contributed by atoms with Crippen LogP contribution in [-0.2, 0) is 0 Å². The number of guanidine groups is 1. The highest BCUT2D eigenvalue weighted by atomic mass is 16.6. The fourth-order valence-corrected chi connectivity index (χ4v) is 7.51. The summed E-state index contributed by atoms with van der Waals surface area (Å²) < 4.78 is 21.5. The Hall–Kier alpha value is -9.12. The third-order valence-corrected chi connectivity index (χ3v) is 10.7. The molecule has 0 radical (unpaired) electrons. The first-order chi connectivity index (χ1) is 31.7. The summed E-state index contributed by atoms with van der Waals surface area (Å²) in [4.78, 5) is 49.1. The first kappa shape index (κ1) is 41.2. The van der Waals surface area contributed by atoms with Crippen molar-refractivity contribution in [3.05, 3.63) is 189 Å². The highest BCUT2D eigenvalue weighted by Crippen LogP contribution is 2.41. The largest absolute Gasteiger partial charge is 0.497 e. The van der Waals surface area contributed by atoms with Crippen molar-refractivity contribution in [3.8, 4) is 23.0 Å². The van der Waals surface area contributed by atoms with Crippen LogP contribution in [0, 0.1) is 20.2 Å². The molecule has 17 nitrogen and oxygen atoms in total. The molecule has 0 amide bonds. The summed E-state index contributed by atoms with van der Waals surface area (Å²) in [6, 6.07) is 38.9. The van der Waals surface area contributed by atoms with Gasteiger partial charge in [-0.05, 0) is 133 Å². The standard InChI is InChI=1S/C48H37N9O8/c1-62-36-18-8-30(9-19-36)53(31-10-20-37(63-2)21-11-31)34-16-26-40(42(28-34)56(58)59)46-49-44-6-5-7-45-50-47(52-48(51-46)55(44)45)41-27-17-35(29-43(41)57(60)61)54(32-12-22-38(64-3)23-13-32)33-14-24-39(65-4)25-15-33/h5-29H,1-4H3. The number of rotatable bonds is 14. The Bertz CT molecular complexity index is 2780. The van der Waals surface area contributed by atoms with Crippen molar-refractivity contribution in [3.63, 3.8) is 0 Å². The Kier molecular flexibility index (Phi) is 11.0. The van der Waals surface area contributed by atoms with Gasteiger partial charge >= 0.3 is 0 Å². The number of amidine groups is 3. The molecule has 0 bridgehead atoms. The van der Waals surface area contributed by atoms with Crippen molar-refractivity contribution in [1.82, 2.24) is 4.90 Å². The van der Waals surface area contributed by atoms with E-state index < -0.39 is 9.85 Å². The van der Waals surface area contributed by atoms with Gasteiger partial charge in [-0.15, -0.1) is 0 Å². The lowest BCUT2D eigenvalue weighted by Gasteiger charge is -2.31. The second-order valence-electron chi connectivity index (χ2n) is 14.4. The smallest absolute Gasteiger partial charge is 0.282 e. The van der Waals surface area contributed by atoms with Gasteiger partial charge < -0.3 is 28.7 Å². The minimum Gasteiger partial charge on any atom is -0.497 e. The van der Waals surface area contributed by atoms with Crippen molar-refractivity contribution in [2.45, 2.75) is 0 Å². The van der Waals surface area contributed by atoms with E-state index in [1.807, 2.05) is 58.3 Å². The third-order valence-electron chi connectivity index (χ3n) is 10.7. The van der Waals surface area contributed by atoms with Gasteiger partial charge in [-0.2, -0.15) is 9.98 Å². The Morgan fingerprint density at radius 1 is 0.477 bits per heavy atom. The molecule has 0 saturated heterocycles. The fourth-order valence-electron chi connectivity index (χ4n) is 7.51. The van der Waals surface area contributed by atoms with Crippen LogP contribution in [0.3, 0.4) is 0 Å². The van der Waals surface area contributed by atoms with Crippen molar-refractivity contribution in [2.24, 2.45) is 20.0 Å². The fraction of sp³-hybridized carbons (Fsp3) is 0.0833. The number of anilines is 6. The average molecular weight is 868 g/mol. The van der Waals surface area contributed by atoms with Gasteiger partial charge in [0.2, 0.25) is 5.96 Å². The molecule has 9 rings (SSSR count). The van der Waals surface area contributed by atoms with Gasteiger partial charge in [0, 0.05) is 34.9 Å². The van der Waals surface area contributed by atoms with E-state index >= 15 is 0 Å². The minimum absolute atomic E-state index is 0.0142. The molecule has 0 unspecified atom stereocenters. The van der Waals surface area contributed by atoms with E-state index in [-0.39, 0.29) is 40.1 Å². The van der Waals surface area contributed by atoms with Crippen LogP contribution in [0.25, 0.3) is 0 Å². The number of methoxy groups -OCH3 is 4. The number of hydrogen-bond acceptors (Lipinski definition) is 15. The lowest BCUT2D eigenvalue weighted by Crippen LogP contribution is -2.41. The summed E-state index contributed by atoms with van der Waals surface area (Å²) >= 11 is 0. The molecule has 0 aromatic heterocycles. The van der Waals surface area contributed by atoms with Gasteiger partial charge in [0.15, 0.2) is 11.7 Å². The molecule has 6 aromatic rings. The number of aliphatic imine (C=N–C) groups is 4. The Balaban J connectivity index is 1.12. The molecule has 3 aliphatic heterocycles. The second-order valence-corrected chi connectivity index (χ2v) is 14.4. The van der Waals surface area contributed by atoms with Crippen molar-refractivity contribution >= 4 is 69.0 Å². The number of nitro groups is 2. The van der Waals surface area contributed by atoms with Gasteiger partial charge in [-0.25, -0.2) is 14.9 Å². The lowest BCUT2D eigenvalue weighted by atomic mass is 10.1. The summed E-state index contributed by atoms with van der Waals surface area (Å²) in [5, 5.41) is 25.8. The number of ether oxygens (including phenoxy) is 4. The number of allylic oxidation sites excluding steroid dienone is 2. The molecule has 3 aliphatic rings. The molecule has 65 heavy (non-hydrogen) atoms. The van der Waals surface area contributed by atoms with Crippen LogP contribution < -0.4 is 28.7 Å². The zero-order valence-corrected chi connectivity index (χ0v) is 35.2. The van der Waals surface area contributed by atoms with Crippen LogP contribution in [0.15, 0.2) is 177 Å². The molecule has 0 aliphatic carbocycles. The van der Waals surface area contributed by atoms with Crippen molar-refractivity contribution < 1.29 is 28.8 Å². The summed E-state index contributed by atoms with van der Waals surface area (Å²) in [7, 11) is 6.30. The van der Waals surface area contributed by atoms with Gasteiger partial charge in [0.25, 0.3) is 11.4 Å². The molecule has 6 aromatic carbocycles. The van der Waals surface area contributed by atoms with Crippen LogP contribution in [0.4, 0.5) is 45.5 Å². The van der Waals surface area contributed by atoms with Crippen LogP contribution in [0.2, 0.25) is 0 Å². The van der Waals surface area contributed by atoms with E-state index in [0.717, 1.165) is 22.7 Å². The van der Waals surface area contributed by atoms with Crippen LogP contribution in [0.1, 0.15) is 11.1 Å². The molecule has 3 heterocycles. The molecule has 0 fully saturated rings. The maximum absolute atomic E-state index is 12.9. The van der Waals surface area contributed by atoms with Gasteiger partial charge in [-0.3, -0.25) is 20.2 Å². The summed E-state index contributed by atoms with van der Waals surface area (Å²) in [6.45, 7) is 0. The van der Waals surface area contributed by atoms with E-state index in [4.69, 9.17) is 38.9 Å². The number of nitrogens with zero attached hydrogens (tertiary/aromatic N) is 9. The van der Waals surface area contributed by atoms with Crippen LogP contribution in [0.5, 0.6) is 23.0 Å². The topological polar surface area (TPSA) is 182 Å². The summed E-state index contributed by atoms with van der Waals surface area (Å²) in [5.41, 5.74) is 3.56. The number of nitro benzene ring substituents is 2. The van der Waals surface area contributed by atoms with Gasteiger partial charge in [0.05, 0.1) is 60.8 Å². The second kappa shape index (κ2) is 17.3. The first-order valence-electron chi connectivity index (χ1n) is 19.9.